The molecular formula is C12H19NO. The average molecular weight is 193 g/mol. The predicted octanol–water partition coefficient (Wildman–Crippen LogP) is 2.89. The first-order valence-electron chi connectivity index (χ1n) is 5.18. The highest BCUT2D eigenvalue weighted by Crippen LogP contribution is 2.26. The molecule has 0 radical (unpaired) electrons. The Morgan fingerprint density at radius 2 is 2.07 bits per heavy atom. The first-order chi connectivity index (χ1) is 6.79. The summed E-state index contributed by atoms with van der Waals surface area (Å²) in [7, 11) is 1.69. The Bertz CT molecular complexity index is 273. The minimum absolute atomic E-state index is 0.103. The molecule has 0 aliphatic heterocycles. The highest BCUT2D eigenvalue weighted by molar-refractivity contribution is 5.35. The third-order valence-electron chi connectivity index (χ3n) is 2.41. The lowest BCUT2D eigenvalue weighted by atomic mass is 10.0. The van der Waals surface area contributed by atoms with Gasteiger partial charge < -0.3 is 10.5 Å². The lowest BCUT2D eigenvalue weighted by Crippen LogP contribution is -2.11. The Balaban J connectivity index is 2.72. The summed E-state index contributed by atoms with van der Waals surface area (Å²) in [6.45, 7) is 2.18. The van der Waals surface area contributed by atoms with E-state index in [0.29, 0.717) is 0 Å². The van der Waals surface area contributed by atoms with Crippen molar-refractivity contribution >= 4 is 0 Å². The summed E-state index contributed by atoms with van der Waals surface area (Å²) in [5, 5.41) is 0. The van der Waals surface area contributed by atoms with Gasteiger partial charge in [0, 0.05) is 11.6 Å². The molecule has 1 unspecified atom stereocenters. The molecule has 1 rings (SSSR count). The van der Waals surface area contributed by atoms with Crippen molar-refractivity contribution in [3.05, 3.63) is 29.8 Å². The molecule has 78 valence electrons. The van der Waals surface area contributed by atoms with Gasteiger partial charge in [0.1, 0.15) is 5.75 Å². The molecule has 1 aromatic rings. The summed E-state index contributed by atoms with van der Waals surface area (Å²) in [4.78, 5) is 0. The molecule has 0 aromatic heterocycles. The minimum atomic E-state index is 0.103. The van der Waals surface area contributed by atoms with Gasteiger partial charge in [-0.05, 0) is 12.5 Å². The summed E-state index contributed by atoms with van der Waals surface area (Å²) in [6, 6.07) is 8.07. The molecule has 0 heterocycles. The summed E-state index contributed by atoms with van der Waals surface area (Å²) in [5.41, 5.74) is 7.19. The van der Waals surface area contributed by atoms with Crippen LogP contribution in [0.3, 0.4) is 0 Å². The van der Waals surface area contributed by atoms with Crippen molar-refractivity contribution in [2.45, 2.75) is 32.2 Å². The number of unbranched alkanes of at least 4 members (excludes halogenated alkanes) is 1. The molecular weight excluding hydrogens is 174 g/mol. The number of nitrogens with two attached hydrogens (primary N) is 1. The number of benzene rings is 1. The smallest absolute Gasteiger partial charge is 0.123 e. The van der Waals surface area contributed by atoms with Crippen molar-refractivity contribution < 1.29 is 4.74 Å². The zero-order valence-electron chi connectivity index (χ0n) is 8.99. The van der Waals surface area contributed by atoms with Crippen LogP contribution in [0, 0.1) is 0 Å². The summed E-state index contributed by atoms with van der Waals surface area (Å²) in [6.07, 6.45) is 3.37. The van der Waals surface area contributed by atoms with Gasteiger partial charge in [-0.25, -0.2) is 0 Å². The van der Waals surface area contributed by atoms with E-state index in [0.717, 1.165) is 17.7 Å². The third kappa shape index (κ3) is 2.74. The first-order valence-corrected chi connectivity index (χ1v) is 5.18. The molecule has 1 aromatic carbocycles. The number of para-hydroxylation sites is 1. The van der Waals surface area contributed by atoms with Crippen LogP contribution in [-0.4, -0.2) is 7.11 Å². The van der Waals surface area contributed by atoms with Gasteiger partial charge in [-0.2, -0.15) is 0 Å². The molecule has 1 atom stereocenters. The largest absolute Gasteiger partial charge is 0.496 e. The monoisotopic (exact) mass is 193 g/mol. The maximum atomic E-state index is 6.08. The van der Waals surface area contributed by atoms with Crippen molar-refractivity contribution in [3.8, 4) is 5.75 Å². The minimum Gasteiger partial charge on any atom is -0.496 e. The van der Waals surface area contributed by atoms with E-state index in [1.54, 1.807) is 7.11 Å². The van der Waals surface area contributed by atoms with E-state index in [1.807, 2.05) is 24.3 Å². The van der Waals surface area contributed by atoms with Gasteiger partial charge in [-0.15, -0.1) is 0 Å². The van der Waals surface area contributed by atoms with E-state index in [4.69, 9.17) is 10.5 Å². The molecule has 0 saturated heterocycles. The molecule has 2 heteroatoms. The van der Waals surface area contributed by atoms with Gasteiger partial charge in [0.2, 0.25) is 0 Å². The van der Waals surface area contributed by atoms with Crippen LogP contribution in [0.15, 0.2) is 24.3 Å². The van der Waals surface area contributed by atoms with Crippen LogP contribution in [-0.2, 0) is 0 Å². The molecule has 0 bridgehead atoms. The van der Waals surface area contributed by atoms with Crippen LogP contribution < -0.4 is 10.5 Å². The highest BCUT2D eigenvalue weighted by atomic mass is 16.5. The second-order valence-electron chi connectivity index (χ2n) is 3.49. The Hall–Kier alpha value is -1.02. The van der Waals surface area contributed by atoms with Gasteiger partial charge in [-0.1, -0.05) is 38.0 Å². The zero-order chi connectivity index (χ0) is 10.4. The van der Waals surface area contributed by atoms with Crippen molar-refractivity contribution in [1.29, 1.82) is 0 Å². The fourth-order valence-corrected chi connectivity index (χ4v) is 1.55. The van der Waals surface area contributed by atoms with E-state index in [1.165, 1.54) is 12.8 Å². The lowest BCUT2D eigenvalue weighted by Gasteiger charge is -2.14. The molecule has 0 saturated carbocycles. The average Bonchev–Trinajstić information content (AvgIpc) is 2.25. The molecule has 0 aliphatic rings. The molecule has 0 aliphatic carbocycles. The van der Waals surface area contributed by atoms with Gasteiger partial charge >= 0.3 is 0 Å². The van der Waals surface area contributed by atoms with E-state index in [9.17, 15) is 0 Å². The highest BCUT2D eigenvalue weighted by Gasteiger charge is 2.09. The van der Waals surface area contributed by atoms with Crippen LogP contribution in [0.2, 0.25) is 0 Å². The number of ether oxygens (including phenoxy) is 1. The molecule has 0 spiro atoms. The van der Waals surface area contributed by atoms with Crippen molar-refractivity contribution in [2.24, 2.45) is 5.73 Å². The second-order valence-corrected chi connectivity index (χ2v) is 3.49. The van der Waals surface area contributed by atoms with E-state index in [2.05, 4.69) is 6.92 Å². The fourth-order valence-electron chi connectivity index (χ4n) is 1.55. The second kappa shape index (κ2) is 5.66. The summed E-state index contributed by atoms with van der Waals surface area (Å²) < 4.78 is 5.27. The summed E-state index contributed by atoms with van der Waals surface area (Å²) >= 11 is 0. The normalized spacial score (nSPS) is 12.5. The lowest BCUT2D eigenvalue weighted by molar-refractivity contribution is 0.403. The zero-order valence-corrected chi connectivity index (χ0v) is 8.99. The first kappa shape index (κ1) is 11.1. The van der Waals surface area contributed by atoms with Crippen LogP contribution in [0.5, 0.6) is 5.75 Å². The Labute approximate surface area is 86.1 Å². The Kier molecular flexibility index (Phi) is 4.47. The van der Waals surface area contributed by atoms with Gasteiger partial charge in [0.15, 0.2) is 0 Å². The quantitative estimate of drug-likeness (QED) is 0.780. The van der Waals surface area contributed by atoms with Crippen LogP contribution in [0.25, 0.3) is 0 Å². The Morgan fingerprint density at radius 3 is 2.71 bits per heavy atom. The molecule has 14 heavy (non-hydrogen) atoms. The molecule has 0 amide bonds. The number of methoxy groups -OCH3 is 1. The number of hydrogen-bond acceptors (Lipinski definition) is 2. The van der Waals surface area contributed by atoms with E-state index >= 15 is 0 Å². The standard InChI is InChI=1S/C12H19NO/c1-3-4-8-11(13)10-7-5-6-9-12(10)14-2/h5-7,9,11H,3-4,8,13H2,1-2H3. The van der Waals surface area contributed by atoms with Crippen LogP contribution in [0.1, 0.15) is 37.8 Å². The fraction of sp³-hybridized carbons (Fsp3) is 0.500. The van der Waals surface area contributed by atoms with Crippen molar-refractivity contribution in [3.63, 3.8) is 0 Å². The van der Waals surface area contributed by atoms with Crippen LogP contribution in [0.4, 0.5) is 0 Å². The van der Waals surface area contributed by atoms with Crippen molar-refractivity contribution in [2.75, 3.05) is 7.11 Å². The third-order valence-corrected chi connectivity index (χ3v) is 2.41. The van der Waals surface area contributed by atoms with Crippen molar-refractivity contribution in [1.82, 2.24) is 0 Å². The molecule has 2 nitrogen and oxygen atoms in total. The number of rotatable bonds is 5. The summed E-state index contributed by atoms with van der Waals surface area (Å²) in [5.74, 6) is 0.899. The Morgan fingerprint density at radius 1 is 1.36 bits per heavy atom. The molecule has 2 N–H and O–H groups in total. The molecule has 0 fully saturated rings. The van der Waals surface area contributed by atoms with Gasteiger partial charge in [0.25, 0.3) is 0 Å². The number of hydrogen-bond donors (Lipinski definition) is 1. The van der Waals surface area contributed by atoms with E-state index < -0.39 is 0 Å². The topological polar surface area (TPSA) is 35.2 Å². The van der Waals surface area contributed by atoms with Gasteiger partial charge in [0.05, 0.1) is 7.11 Å². The van der Waals surface area contributed by atoms with Crippen LogP contribution >= 0.6 is 0 Å². The SMILES string of the molecule is CCCCC(N)c1ccccc1OC. The maximum absolute atomic E-state index is 6.08. The predicted molar refractivity (Wildman–Crippen MR) is 59.4 cm³/mol. The van der Waals surface area contributed by atoms with Gasteiger partial charge in [-0.3, -0.25) is 0 Å². The maximum Gasteiger partial charge on any atom is 0.123 e. The van der Waals surface area contributed by atoms with E-state index in [-0.39, 0.29) is 6.04 Å².